The highest BCUT2D eigenvalue weighted by molar-refractivity contribution is 6.17. The van der Waals surface area contributed by atoms with Crippen LogP contribution in [0.4, 0.5) is 0 Å². The molecule has 8 aromatic carbocycles. The van der Waals surface area contributed by atoms with Crippen LogP contribution in [0.5, 0.6) is 0 Å². The van der Waals surface area contributed by atoms with Gasteiger partial charge in [0.25, 0.3) is 0 Å². The Bertz CT molecular complexity index is 2900. The van der Waals surface area contributed by atoms with E-state index < -0.39 is 0 Å². The second kappa shape index (κ2) is 9.57. The minimum absolute atomic E-state index is 1.16. The molecule has 0 aliphatic heterocycles. The van der Waals surface area contributed by atoms with Gasteiger partial charge in [-0.25, -0.2) is 0 Å². The van der Waals surface area contributed by atoms with E-state index in [1.165, 1.54) is 87.8 Å². The SMILES string of the molecule is c1cc(-c2cc3c4c(cccc4c2)-c2ccccc2-3)cc(-n2c3ccccc3c3ccc(-n4c5ccccc5c5ccccc54)cc32)c1. The fraction of sp³-hybridized carbons (Fsp3) is 0. The zero-order valence-electron chi connectivity index (χ0n) is 26.1. The molecule has 0 fully saturated rings. The van der Waals surface area contributed by atoms with E-state index in [4.69, 9.17) is 0 Å². The first-order valence-electron chi connectivity index (χ1n) is 16.6. The third kappa shape index (κ3) is 3.46. The molecule has 0 saturated heterocycles. The lowest BCUT2D eigenvalue weighted by Gasteiger charge is -2.13. The second-order valence-corrected chi connectivity index (χ2v) is 12.9. The van der Waals surface area contributed by atoms with Crippen LogP contribution in [0.25, 0.3) is 99.1 Å². The van der Waals surface area contributed by atoms with E-state index in [0.717, 1.165) is 11.4 Å². The van der Waals surface area contributed by atoms with E-state index in [2.05, 4.69) is 179 Å². The lowest BCUT2D eigenvalue weighted by molar-refractivity contribution is 1.15. The van der Waals surface area contributed by atoms with Crippen molar-refractivity contribution in [1.82, 2.24) is 9.13 Å². The Labute approximate surface area is 277 Å². The molecule has 2 nitrogen and oxygen atoms in total. The van der Waals surface area contributed by atoms with Crippen LogP contribution in [0.3, 0.4) is 0 Å². The molecule has 0 spiro atoms. The van der Waals surface area contributed by atoms with Gasteiger partial charge in [-0.2, -0.15) is 0 Å². The molecular weight excluding hydrogens is 581 g/mol. The Morgan fingerprint density at radius 3 is 1.54 bits per heavy atom. The standard InChI is InChI=1S/C46H28N2/c1-2-15-35-34(14-1)40-19-10-12-30-25-31(27-41(35)46(30)40)29-11-9-13-32(26-29)48-44-22-8-5-18-38(44)39-24-23-33(28-45(39)48)47-42-20-6-3-16-36(42)37-17-4-7-21-43(37)47/h1-28H. The summed E-state index contributed by atoms with van der Waals surface area (Å²) in [6.07, 6.45) is 0. The molecule has 0 unspecified atom stereocenters. The minimum Gasteiger partial charge on any atom is -0.309 e. The van der Waals surface area contributed by atoms with E-state index >= 15 is 0 Å². The number of hydrogen-bond acceptors (Lipinski definition) is 0. The summed E-state index contributed by atoms with van der Waals surface area (Å²) >= 11 is 0. The highest BCUT2D eigenvalue weighted by Crippen LogP contribution is 2.48. The molecule has 222 valence electrons. The molecule has 2 heterocycles. The molecule has 10 aromatic rings. The summed E-state index contributed by atoms with van der Waals surface area (Å²) in [4.78, 5) is 0. The average Bonchev–Trinajstić information content (AvgIpc) is 3.78. The van der Waals surface area contributed by atoms with Crippen LogP contribution < -0.4 is 0 Å². The number of rotatable bonds is 3. The molecule has 1 aliphatic carbocycles. The number of fused-ring (bicyclic) bond motifs is 9. The van der Waals surface area contributed by atoms with E-state index in [1.54, 1.807) is 0 Å². The van der Waals surface area contributed by atoms with Crippen LogP contribution in [0.15, 0.2) is 170 Å². The van der Waals surface area contributed by atoms with Gasteiger partial charge in [0, 0.05) is 32.9 Å². The van der Waals surface area contributed by atoms with E-state index in [-0.39, 0.29) is 0 Å². The van der Waals surface area contributed by atoms with E-state index in [0.29, 0.717) is 0 Å². The first-order chi connectivity index (χ1) is 23.8. The summed E-state index contributed by atoms with van der Waals surface area (Å²) in [6.45, 7) is 0. The summed E-state index contributed by atoms with van der Waals surface area (Å²) in [5.41, 5.74) is 14.9. The Morgan fingerprint density at radius 2 is 0.833 bits per heavy atom. The van der Waals surface area contributed by atoms with Gasteiger partial charge >= 0.3 is 0 Å². The third-order valence-corrected chi connectivity index (χ3v) is 10.4. The predicted octanol–water partition coefficient (Wildman–Crippen LogP) is 12.3. The Morgan fingerprint density at radius 1 is 0.292 bits per heavy atom. The first-order valence-corrected chi connectivity index (χ1v) is 16.6. The Balaban J connectivity index is 1.14. The number of para-hydroxylation sites is 3. The van der Waals surface area contributed by atoms with E-state index in [9.17, 15) is 0 Å². The molecule has 0 atom stereocenters. The van der Waals surface area contributed by atoms with Crippen molar-refractivity contribution >= 4 is 54.4 Å². The molecule has 2 heteroatoms. The van der Waals surface area contributed by atoms with Crippen LogP contribution >= 0.6 is 0 Å². The van der Waals surface area contributed by atoms with Gasteiger partial charge in [0.15, 0.2) is 0 Å². The number of benzene rings is 8. The van der Waals surface area contributed by atoms with Gasteiger partial charge in [-0.3, -0.25) is 0 Å². The number of nitrogens with zero attached hydrogens (tertiary/aromatic N) is 2. The monoisotopic (exact) mass is 608 g/mol. The summed E-state index contributed by atoms with van der Waals surface area (Å²) in [5.74, 6) is 0. The molecule has 1 aliphatic rings. The molecule has 0 radical (unpaired) electrons. The fourth-order valence-electron chi connectivity index (χ4n) is 8.39. The Kier molecular flexibility index (Phi) is 5.14. The van der Waals surface area contributed by atoms with Crippen LogP contribution in [0, 0.1) is 0 Å². The van der Waals surface area contributed by atoms with Gasteiger partial charge in [-0.1, -0.05) is 115 Å². The zero-order chi connectivity index (χ0) is 31.3. The topological polar surface area (TPSA) is 9.86 Å². The normalized spacial score (nSPS) is 12.2. The molecule has 2 aromatic heterocycles. The van der Waals surface area contributed by atoms with Gasteiger partial charge in [-0.15, -0.1) is 0 Å². The fourth-order valence-corrected chi connectivity index (χ4v) is 8.39. The molecule has 0 N–H and O–H groups in total. The summed E-state index contributed by atoms with van der Waals surface area (Å²) in [6, 6.07) is 62.5. The van der Waals surface area contributed by atoms with Crippen LogP contribution in [0.1, 0.15) is 0 Å². The van der Waals surface area contributed by atoms with Crippen molar-refractivity contribution in [2.75, 3.05) is 0 Å². The predicted molar refractivity (Wildman–Crippen MR) is 202 cm³/mol. The van der Waals surface area contributed by atoms with Crippen molar-refractivity contribution in [3.05, 3.63) is 170 Å². The second-order valence-electron chi connectivity index (χ2n) is 12.9. The third-order valence-electron chi connectivity index (χ3n) is 10.4. The molecular formula is C46H28N2. The molecule has 0 saturated carbocycles. The smallest absolute Gasteiger partial charge is 0.0561 e. The molecule has 48 heavy (non-hydrogen) atoms. The summed E-state index contributed by atoms with van der Waals surface area (Å²) < 4.78 is 4.85. The number of hydrogen-bond donors (Lipinski definition) is 0. The average molecular weight is 609 g/mol. The lowest BCUT2D eigenvalue weighted by atomic mass is 9.96. The van der Waals surface area contributed by atoms with Crippen molar-refractivity contribution in [1.29, 1.82) is 0 Å². The maximum Gasteiger partial charge on any atom is 0.0561 e. The highest BCUT2D eigenvalue weighted by Gasteiger charge is 2.22. The lowest BCUT2D eigenvalue weighted by Crippen LogP contribution is -1.97. The van der Waals surface area contributed by atoms with Crippen LogP contribution in [-0.2, 0) is 0 Å². The van der Waals surface area contributed by atoms with Gasteiger partial charge < -0.3 is 9.13 Å². The van der Waals surface area contributed by atoms with Crippen molar-refractivity contribution in [3.8, 4) is 44.8 Å². The van der Waals surface area contributed by atoms with Gasteiger partial charge in [0.05, 0.1) is 22.1 Å². The van der Waals surface area contributed by atoms with Crippen LogP contribution in [-0.4, -0.2) is 9.13 Å². The summed E-state index contributed by atoms with van der Waals surface area (Å²) in [5, 5.41) is 7.70. The minimum atomic E-state index is 1.16. The van der Waals surface area contributed by atoms with Crippen LogP contribution in [0.2, 0.25) is 0 Å². The Hall–Kier alpha value is -6.38. The zero-order valence-corrected chi connectivity index (χ0v) is 26.1. The maximum absolute atomic E-state index is 2.44. The van der Waals surface area contributed by atoms with Crippen molar-refractivity contribution in [2.45, 2.75) is 0 Å². The maximum atomic E-state index is 2.44. The highest BCUT2D eigenvalue weighted by atomic mass is 15.0. The summed E-state index contributed by atoms with van der Waals surface area (Å²) in [7, 11) is 0. The molecule has 11 rings (SSSR count). The largest absolute Gasteiger partial charge is 0.309 e. The van der Waals surface area contributed by atoms with Gasteiger partial charge in [0.2, 0.25) is 0 Å². The van der Waals surface area contributed by atoms with Crippen molar-refractivity contribution < 1.29 is 0 Å². The molecule has 0 amide bonds. The quantitative estimate of drug-likeness (QED) is 0.189. The van der Waals surface area contributed by atoms with E-state index in [1.807, 2.05) is 0 Å². The first kappa shape index (κ1) is 25.8. The molecule has 0 bridgehead atoms. The van der Waals surface area contributed by atoms with Gasteiger partial charge in [0.1, 0.15) is 0 Å². The number of aromatic nitrogens is 2. The van der Waals surface area contributed by atoms with Gasteiger partial charge in [-0.05, 0) is 98.8 Å². The van der Waals surface area contributed by atoms with Crippen molar-refractivity contribution in [3.63, 3.8) is 0 Å². The van der Waals surface area contributed by atoms with Crippen molar-refractivity contribution in [2.24, 2.45) is 0 Å².